The second-order valence-electron chi connectivity index (χ2n) is 10.6. The topological polar surface area (TPSA) is 261 Å². The highest BCUT2D eigenvalue weighted by molar-refractivity contribution is 5.66. The number of aromatic hydroxyl groups is 10. The number of fused-ring (bicyclic) bond motifs is 2. The highest BCUT2D eigenvalue weighted by Crippen LogP contribution is 2.57. The molecule has 0 aromatic heterocycles. The Labute approximate surface area is 247 Å². The van der Waals surface area contributed by atoms with Crippen LogP contribution in [0, 0.1) is 0 Å². The highest BCUT2D eigenvalue weighted by atomic mass is 16.5. The molecule has 44 heavy (non-hydrogen) atoms. The summed E-state index contributed by atoms with van der Waals surface area (Å²) >= 11 is 0. The first-order valence-electron chi connectivity index (χ1n) is 13.1. The molecule has 2 heterocycles. The molecule has 0 amide bonds. The van der Waals surface area contributed by atoms with E-state index in [1.54, 1.807) is 0 Å². The molecule has 0 radical (unpaired) electrons. The van der Waals surface area contributed by atoms with Crippen LogP contribution in [-0.4, -0.2) is 73.5 Å². The zero-order valence-corrected chi connectivity index (χ0v) is 22.3. The van der Waals surface area contributed by atoms with Crippen molar-refractivity contribution in [2.75, 3.05) is 0 Å². The number of phenols is 10. The Hall–Kier alpha value is -5.60. The number of aliphatic hydroxyl groups excluding tert-OH is 2. The quantitative estimate of drug-likeness (QED) is 0.149. The fraction of sp³-hybridized carbons (Fsp3) is 0.200. The van der Waals surface area contributed by atoms with Crippen molar-refractivity contribution in [2.45, 2.75) is 36.8 Å². The smallest absolute Gasteiger partial charge is 0.200 e. The number of hydrogen-bond acceptors (Lipinski definition) is 14. The third-order valence-corrected chi connectivity index (χ3v) is 7.86. The fourth-order valence-corrected chi connectivity index (χ4v) is 5.85. The maximum atomic E-state index is 11.8. The van der Waals surface area contributed by atoms with Crippen molar-refractivity contribution in [2.24, 2.45) is 0 Å². The zero-order valence-electron chi connectivity index (χ0n) is 22.3. The van der Waals surface area contributed by atoms with Gasteiger partial charge in [-0.25, -0.2) is 0 Å². The first-order chi connectivity index (χ1) is 20.8. The molecule has 6 rings (SSSR count). The number of phenolic OH excluding ortho intramolecular Hbond substituents is 10. The molecule has 0 bridgehead atoms. The van der Waals surface area contributed by atoms with E-state index in [9.17, 15) is 61.3 Å². The lowest BCUT2D eigenvalue weighted by Gasteiger charge is -2.40. The van der Waals surface area contributed by atoms with Gasteiger partial charge in [-0.15, -0.1) is 0 Å². The monoisotopic (exact) mass is 610 g/mol. The number of ether oxygens (including phenoxy) is 2. The molecule has 12 N–H and O–H groups in total. The van der Waals surface area contributed by atoms with Crippen LogP contribution >= 0.6 is 0 Å². The first kappa shape index (κ1) is 28.5. The van der Waals surface area contributed by atoms with Crippen molar-refractivity contribution < 1.29 is 70.8 Å². The van der Waals surface area contributed by atoms with Gasteiger partial charge >= 0.3 is 0 Å². The summed E-state index contributed by atoms with van der Waals surface area (Å²) in [5.74, 6) is -8.60. The molecule has 2 aliphatic heterocycles. The average molecular weight is 611 g/mol. The van der Waals surface area contributed by atoms with E-state index in [1.807, 2.05) is 0 Å². The van der Waals surface area contributed by atoms with E-state index in [-0.39, 0.29) is 45.7 Å². The van der Waals surface area contributed by atoms with Gasteiger partial charge in [0.25, 0.3) is 0 Å². The van der Waals surface area contributed by atoms with Gasteiger partial charge in [-0.05, 0) is 24.3 Å². The van der Waals surface area contributed by atoms with Gasteiger partial charge in [0.15, 0.2) is 46.7 Å². The summed E-state index contributed by atoms with van der Waals surface area (Å²) in [7, 11) is 0. The van der Waals surface area contributed by atoms with Gasteiger partial charge in [0.1, 0.15) is 40.6 Å². The lowest BCUT2D eigenvalue weighted by Crippen LogP contribution is -2.36. The molecule has 1 unspecified atom stereocenters. The van der Waals surface area contributed by atoms with Crippen LogP contribution in [0.4, 0.5) is 0 Å². The van der Waals surface area contributed by atoms with Crippen molar-refractivity contribution >= 4 is 0 Å². The van der Waals surface area contributed by atoms with E-state index in [2.05, 4.69) is 0 Å². The van der Waals surface area contributed by atoms with E-state index >= 15 is 0 Å². The molecule has 0 saturated carbocycles. The normalized spacial score (nSPS) is 22.4. The molecule has 14 nitrogen and oxygen atoms in total. The summed E-state index contributed by atoms with van der Waals surface area (Å²) in [6, 6.07) is 7.08. The number of rotatable bonds is 3. The van der Waals surface area contributed by atoms with Gasteiger partial charge < -0.3 is 70.8 Å². The van der Waals surface area contributed by atoms with Gasteiger partial charge in [-0.1, -0.05) is 0 Å². The summed E-state index contributed by atoms with van der Waals surface area (Å²) in [5, 5.41) is 126. The van der Waals surface area contributed by atoms with Crippen molar-refractivity contribution in [3.63, 3.8) is 0 Å². The van der Waals surface area contributed by atoms with Crippen molar-refractivity contribution in [3.05, 3.63) is 70.3 Å². The lowest BCUT2D eigenvalue weighted by atomic mass is 9.77. The van der Waals surface area contributed by atoms with E-state index in [1.165, 1.54) is 0 Å². The molecule has 0 saturated heterocycles. The fourth-order valence-electron chi connectivity index (χ4n) is 5.85. The highest BCUT2D eigenvalue weighted by Gasteiger charge is 2.46. The minimum absolute atomic E-state index is 0.00153. The molecule has 230 valence electrons. The van der Waals surface area contributed by atoms with Gasteiger partial charge in [0.05, 0.1) is 12.0 Å². The van der Waals surface area contributed by atoms with Gasteiger partial charge in [0.2, 0.25) is 0 Å². The first-order valence-corrected chi connectivity index (χ1v) is 13.1. The second kappa shape index (κ2) is 10.00. The Morgan fingerprint density at radius 2 is 1.05 bits per heavy atom. The molecule has 2 aliphatic rings. The Kier molecular flexibility index (Phi) is 6.48. The molecular weight excluding hydrogens is 584 g/mol. The maximum absolute atomic E-state index is 11.8. The third kappa shape index (κ3) is 4.35. The predicted octanol–water partition coefficient (Wildman–Crippen LogP) is 2.41. The van der Waals surface area contributed by atoms with Crippen LogP contribution in [0.2, 0.25) is 0 Å². The van der Waals surface area contributed by atoms with E-state index in [0.29, 0.717) is 0 Å². The molecule has 14 heteroatoms. The van der Waals surface area contributed by atoms with Crippen molar-refractivity contribution in [3.8, 4) is 69.0 Å². The second-order valence-corrected chi connectivity index (χ2v) is 10.6. The standard InChI is InChI=1S/C30H26O14/c31-11-5-14(33)22-21(6-11)43-29(10-3-18(37)26(41)19(38)4-10)27(42)24(22)23-15(34)8-13(32)12-7-20(39)28(44-30(12)23)9-1-16(35)25(40)17(36)2-9/h1-6,8,20,24,27-29,31-42H,7H2/t20-,24?,27-,28-,29-/m1/s1. The van der Waals surface area contributed by atoms with Crippen LogP contribution in [-0.2, 0) is 6.42 Å². The Morgan fingerprint density at radius 1 is 0.523 bits per heavy atom. The Morgan fingerprint density at radius 3 is 1.61 bits per heavy atom. The molecule has 4 aromatic carbocycles. The lowest BCUT2D eigenvalue weighted by molar-refractivity contribution is 0.00106. The molecule has 5 atom stereocenters. The van der Waals surface area contributed by atoms with Crippen molar-refractivity contribution in [1.82, 2.24) is 0 Å². The Bertz CT molecular complexity index is 1770. The summed E-state index contributed by atoms with van der Waals surface area (Å²) in [4.78, 5) is 0. The van der Waals surface area contributed by atoms with Gasteiger partial charge in [0, 0.05) is 52.4 Å². The Balaban J connectivity index is 1.56. The number of hydrogen-bond donors (Lipinski definition) is 12. The summed E-state index contributed by atoms with van der Waals surface area (Å²) < 4.78 is 12.0. The van der Waals surface area contributed by atoms with E-state index in [0.717, 1.165) is 42.5 Å². The van der Waals surface area contributed by atoms with Crippen molar-refractivity contribution in [1.29, 1.82) is 0 Å². The average Bonchev–Trinajstić information content (AvgIpc) is 2.95. The van der Waals surface area contributed by atoms with Crippen LogP contribution < -0.4 is 9.47 Å². The van der Waals surface area contributed by atoms with E-state index in [4.69, 9.17) is 9.47 Å². The minimum atomic E-state index is -1.75. The van der Waals surface area contributed by atoms with Crippen LogP contribution in [0.15, 0.2) is 42.5 Å². The molecule has 4 aromatic rings. The van der Waals surface area contributed by atoms with Crippen LogP contribution in [0.3, 0.4) is 0 Å². The summed E-state index contributed by atoms with van der Waals surface area (Å²) in [5.41, 5.74) is -0.410. The van der Waals surface area contributed by atoms with Crippen LogP contribution in [0.1, 0.15) is 45.9 Å². The predicted molar refractivity (Wildman–Crippen MR) is 147 cm³/mol. The van der Waals surface area contributed by atoms with Gasteiger partial charge in [-0.3, -0.25) is 0 Å². The minimum Gasteiger partial charge on any atom is -0.508 e. The summed E-state index contributed by atoms with van der Waals surface area (Å²) in [6.07, 6.45) is -6.26. The maximum Gasteiger partial charge on any atom is 0.200 e. The summed E-state index contributed by atoms with van der Waals surface area (Å²) in [6.45, 7) is 0. The van der Waals surface area contributed by atoms with E-state index < -0.39 is 87.8 Å². The molecule has 0 spiro atoms. The molecule has 0 aliphatic carbocycles. The van der Waals surface area contributed by atoms with Gasteiger partial charge in [-0.2, -0.15) is 0 Å². The third-order valence-electron chi connectivity index (χ3n) is 7.86. The molecule has 0 fully saturated rings. The van der Waals surface area contributed by atoms with Crippen LogP contribution in [0.25, 0.3) is 0 Å². The SMILES string of the molecule is Oc1cc(O)c2c(c1)O[C@H](c1cc(O)c(O)c(O)c1)[C@H](O)C2c1c(O)cc(O)c2c1O[C@H](c1cc(O)c(O)c(O)c1)[C@H](O)C2. The zero-order chi connectivity index (χ0) is 31.8. The number of aliphatic hydroxyl groups is 2. The number of benzene rings is 4. The largest absolute Gasteiger partial charge is 0.508 e. The molecular formula is C30H26O14. The van der Waals surface area contributed by atoms with Crippen LogP contribution in [0.5, 0.6) is 69.0 Å².